The van der Waals surface area contributed by atoms with E-state index in [4.69, 9.17) is 0 Å². The van der Waals surface area contributed by atoms with Crippen molar-refractivity contribution in [3.8, 4) is 0 Å². The zero-order valence-electron chi connectivity index (χ0n) is 19.8. The number of carboxylic acids is 1. The molecule has 12 heteroatoms. The molecule has 0 aliphatic carbocycles. The maximum Gasteiger partial charge on any atom is 0.407 e. The van der Waals surface area contributed by atoms with Crippen LogP contribution in [0.25, 0.3) is 0 Å². The van der Waals surface area contributed by atoms with Crippen LogP contribution in [0.1, 0.15) is 32.3 Å². The first-order valence-electron chi connectivity index (χ1n) is 11.1. The maximum absolute atomic E-state index is 13.1. The lowest BCUT2D eigenvalue weighted by Crippen LogP contribution is -2.59. The fourth-order valence-electron chi connectivity index (χ4n) is 3.51. The second kappa shape index (κ2) is 12.5. The van der Waals surface area contributed by atoms with Gasteiger partial charge in [-0.15, -0.1) is 0 Å². The molecule has 1 fully saturated rings. The van der Waals surface area contributed by atoms with E-state index in [1.54, 1.807) is 44.2 Å². The number of imide groups is 1. The number of carboxylic acid groups (broad SMARTS) is 1. The molecule has 0 aromatic heterocycles. The van der Waals surface area contributed by atoms with Crippen LogP contribution in [0.3, 0.4) is 0 Å². The van der Waals surface area contributed by atoms with E-state index < -0.39 is 60.4 Å². The van der Waals surface area contributed by atoms with Gasteiger partial charge in [0.25, 0.3) is 0 Å². The molecule has 0 unspecified atom stereocenters. The van der Waals surface area contributed by atoms with E-state index in [0.717, 1.165) is 12.0 Å². The van der Waals surface area contributed by atoms with Crippen LogP contribution in [-0.4, -0.2) is 77.5 Å². The Kier molecular flexibility index (Phi) is 9.74. The van der Waals surface area contributed by atoms with Crippen LogP contribution in [0, 0.1) is 5.92 Å². The molecule has 0 radical (unpaired) electrons. The van der Waals surface area contributed by atoms with Crippen LogP contribution in [0.5, 0.6) is 0 Å². The Morgan fingerprint density at radius 3 is 2.03 bits per heavy atom. The fourth-order valence-corrected chi connectivity index (χ4v) is 3.51. The van der Waals surface area contributed by atoms with Crippen molar-refractivity contribution in [2.45, 2.75) is 51.2 Å². The zero-order valence-corrected chi connectivity index (χ0v) is 19.8. The number of hydrogen-bond acceptors (Lipinski definition) is 7. The van der Waals surface area contributed by atoms with Crippen molar-refractivity contribution in [1.82, 2.24) is 20.9 Å². The van der Waals surface area contributed by atoms with Crippen LogP contribution in [-0.2, 0) is 35.1 Å². The smallest absolute Gasteiger partial charge is 0.407 e. The topological polar surface area (TPSA) is 171 Å². The summed E-state index contributed by atoms with van der Waals surface area (Å²) in [5, 5.41) is 16.9. The summed E-state index contributed by atoms with van der Waals surface area (Å²) in [4.78, 5) is 74.1. The number of carbonyl (C=O) groups excluding carboxylic acids is 5. The minimum Gasteiger partial charge on any atom is -0.480 e. The number of alkyl carbamates (subject to hydrolysis) is 1. The molecule has 0 saturated carbocycles. The van der Waals surface area contributed by atoms with Crippen molar-refractivity contribution in [2.75, 3.05) is 13.7 Å². The van der Waals surface area contributed by atoms with Crippen LogP contribution in [0.15, 0.2) is 30.3 Å². The second-order valence-electron chi connectivity index (χ2n) is 8.41. The number of amides is 5. The normalized spacial score (nSPS) is 15.8. The van der Waals surface area contributed by atoms with E-state index in [-0.39, 0.29) is 25.2 Å². The van der Waals surface area contributed by atoms with Gasteiger partial charge in [0.2, 0.25) is 23.6 Å². The number of nitrogens with one attached hydrogen (secondary N) is 3. The highest BCUT2D eigenvalue weighted by Gasteiger charge is 2.35. The summed E-state index contributed by atoms with van der Waals surface area (Å²) in [6, 6.07) is 4.92. The lowest BCUT2D eigenvalue weighted by atomic mass is 10.0. The van der Waals surface area contributed by atoms with E-state index >= 15 is 0 Å². The first-order valence-corrected chi connectivity index (χ1v) is 11.1. The summed E-state index contributed by atoms with van der Waals surface area (Å²) in [5.41, 5.74) is 0.687. The highest BCUT2D eigenvalue weighted by molar-refractivity contribution is 6.02. The van der Waals surface area contributed by atoms with Gasteiger partial charge in [0.05, 0.1) is 13.7 Å². The SMILES string of the molecule is COC(=O)N[C@H](C(=O)N[C@@H](Cc1ccccc1)C(=O)N[C@@H](CN1C(=O)CCC1=O)C(=O)O)C(C)C. The minimum absolute atomic E-state index is 0.0183. The van der Waals surface area contributed by atoms with E-state index in [1.165, 1.54) is 0 Å². The van der Waals surface area contributed by atoms with Crippen LogP contribution < -0.4 is 16.0 Å². The molecular formula is C23H30N4O8. The number of methoxy groups -OCH3 is 1. The van der Waals surface area contributed by atoms with Gasteiger partial charge in [-0.2, -0.15) is 0 Å². The van der Waals surface area contributed by atoms with Gasteiger partial charge in [-0.3, -0.25) is 24.1 Å². The van der Waals surface area contributed by atoms with Crippen molar-refractivity contribution in [3.63, 3.8) is 0 Å². The number of hydrogen-bond donors (Lipinski definition) is 4. The van der Waals surface area contributed by atoms with Gasteiger partial charge in [-0.25, -0.2) is 9.59 Å². The first-order chi connectivity index (χ1) is 16.5. The number of likely N-dealkylation sites (tertiary alicyclic amines) is 1. The largest absolute Gasteiger partial charge is 0.480 e. The molecule has 5 amide bonds. The Labute approximate surface area is 202 Å². The van der Waals surface area contributed by atoms with Crippen molar-refractivity contribution >= 4 is 35.7 Å². The predicted octanol–water partition coefficient (Wildman–Crippen LogP) is -0.187. The molecule has 1 aliphatic heterocycles. The molecule has 1 heterocycles. The number of benzene rings is 1. The summed E-state index contributed by atoms with van der Waals surface area (Å²) in [5.74, 6) is -4.32. The molecule has 1 saturated heterocycles. The monoisotopic (exact) mass is 490 g/mol. The number of nitrogens with zero attached hydrogens (tertiary/aromatic N) is 1. The molecule has 35 heavy (non-hydrogen) atoms. The molecular weight excluding hydrogens is 460 g/mol. The zero-order chi connectivity index (χ0) is 26.1. The predicted molar refractivity (Wildman–Crippen MR) is 122 cm³/mol. The molecule has 12 nitrogen and oxygen atoms in total. The molecule has 190 valence electrons. The standard InChI is InChI=1S/C23H30N4O8/c1-13(2)19(26-23(34)35-3)21(31)24-15(11-14-7-5-4-6-8-14)20(30)25-16(22(32)33)12-27-17(28)9-10-18(27)29/h4-8,13,15-16,19H,9-12H2,1-3H3,(H,24,31)(H,25,30)(H,26,34)(H,32,33)/t15-,16-,19-/m0/s1. The third kappa shape index (κ3) is 7.80. The Balaban J connectivity index is 2.22. The van der Waals surface area contributed by atoms with Gasteiger partial charge < -0.3 is 25.8 Å². The van der Waals surface area contributed by atoms with E-state index in [2.05, 4.69) is 20.7 Å². The third-order valence-electron chi connectivity index (χ3n) is 5.46. The van der Waals surface area contributed by atoms with Crippen LogP contribution in [0.2, 0.25) is 0 Å². The van der Waals surface area contributed by atoms with Crippen LogP contribution >= 0.6 is 0 Å². The number of rotatable bonds is 11. The number of ether oxygens (including phenoxy) is 1. The Bertz CT molecular complexity index is 950. The molecule has 4 N–H and O–H groups in total. The van der Waals surface area contributed by atoms with Gasteiger partial charge >= 0.3 is 12.1 Å². The lowest BCUT2D eigenvalue weighted by Gasteiger charge is -2.26. The Morgan fingerprint density at radius 1 is 0.943 bits per heavy atom. The quantitative estimate of drug-likeness (QED) is 0.309. The third-order valence-corrected chi connectivity index (χ3v) is 5.46. The van der Waals surface area contributed by atoms with Gasteiger partial charge in [-0.1, -0.05) is 44.2 Å². The molecule has 1 aromatic carbocycles. The van der Waals surface area contributed by atoms with Gasteiger partial charge in [0.1, 0.15) is 18.1 Å². The van der Waals surface area contributed by atoms with Crippen molar-refractivity contribution < 1.29 is 38.6 Å². The highest BCUT2D eigenvalue weighted by atomic mass is 16.5. The Morgan fingerprint density at radius 2 is 1.51 bits per heavy atom. The summed E-state index contributed by atoms with van der Waals surface area (Å²) in [6.07, 6.45) is -0.839. The number of carbonyl (C=O) groups is 6. The van der Waals surface area contributed by atoms with Crippen molar-refractivity contribution in [1.29, 1.82) is 0 Å². The fraction of sp³-hybridized carbons (Fsp3) is 0.478. The van der Waals surface area contributed by atoms with Gasteiger partial charge in [0.15, 0.2) is 0 Å². The van der Waals surface area contributed by atoms with Crippen molar-refractivity contribution in [2.24, 2.45) is 5.92 Å². The molecule has 1 aliphatic rings. The lowest BCUT2D eigenvalue weighted by molar-refractivity contribution is -0.145. The Hall–Kier alpha value is -3.96. The second-order valence-corrected chi connectivity index (χ2v) is 8.41. The van der Waals surface area contributed by atoms with Gasteiger partial charge in [0, 0.05) is 19.3 Å². The van der Waals surface area contributed by atoms with E-state index in [0.29, 0.717) is 5.56 Å². The highest BCUT2D eigenvalue weighted by Crippen LogP contribution is 2.13. The number of aliphatic carboxylic acids is 1. The summed E-state index contributed by atoms with van der Waals surface area (Å²) in [7, 11) is 1.15. The molecule has 2 rings (SSSR count). The molecule has 1 aromatic rings. The molecule has 0 bridgehead atoms. The van der Waals surface area contributed by atoms with Gasteiger partial charge in [-0.05, 0) is 11.5 Å². The minimum atomic E-state index is -1.57. The van der Waals surface area contributed by atoms with E-state index in [9.17, 15) is 33.9 Å². The summed E-state index contributed by atoms with van der Waals surface area (Å²) < 4.78 is 4.55. The summed E-state index contributed by atoms with van der Waals surface area (Å²) in [6.45, 7) is 2.86. The maximum atomic E-state index is 13.1. The average Bonchev–Trinajstić information content (AvgIpc) is 3.13. The molecule has 3 atom stereocenters. The van der Waals surface area contributed by atoms with E-state index in [1.807, 2.05) is 0 Å². The summed E-state index contributed by atoms with van der Waals surface area (Å²) >= 11 is 0. The van der Waals surface area contributed by atoms with Crippen LogP contribution in [0.4, 0.5) is 4.79 Å². The first kappa shape index (κ1) is 27.3. The average molecular weight is 491 g/mol. The molecule has 0 spiro atoms. The van der Waals surface area contributed by atoms with Crippen molar-refractivity contribution in [3.05, 3.63) is 35.9 Å².